The van der Waals surface area contributed by atoms with Crippen LogP contribution in [-0.4, -0.2) is 17.8 Å². The van der Waals surface area contributed by atoms with Crippen LogP contribution in [-0.2, 0) is 0 Å². The third kappa shape index (κ3) is 1.39. The molecule has 3 nitrogen and oxygen atoms in total. The quantitative estimate of drug-likeness (QED) is 0.790. The molecule has 3 heteroatoms. The highest BCUT2D eigenvalue weighted by atomic mass is 16.5. The van der Waals surface area contributed by atoms with Crippen molar-refractivity contribution in [2.24, 2.45) is 0 Å². The minimum absolute atomic E-state index is 0.0984. The summed E-state index contributed by atoms with van der Waals surface area (Å²) < 4.78 is 11.2. The van der Waals surface area contributed by atoms with Crippen LogP contribution in [0.15, 0.2) is 18.2 Å². The summed E-state index contributed by atoms with van der Waals surface area (Å²) in [6.07, 6.45) is 3.65. The summed E-state index contributed by atoms with van der Waals surface area (Å²) in [4.78, 5) is 0. The van der Waals surface area contributed by atoms with Crippen molar-refractivity contribution in [3.8, 4) is 11.5 Å². The lowest BCUT2D eigenvalue weighted by atomic mass is 9.73. The van der Waals surface area contributed by atoms with Gasteiger partial charge in [0.15, 0.2) is 0 Å². The van der Waals surface area contributed by atoms with E-state index in [4.69, 9.17) is 9.47 Å². The van der Waals surface area contributed by atoms with Crippen LogP contribution in [0, 0.1) is 0 Å². The highest BCUT2D eigenvalue weighted by Crippen LogP contribution is 2.49. The molecule has 1 spiro atoms. The molecule has 0 amide bonds. The first-order chi connectivity index (χ1) is 7.72. The molecule has 0 bridgehead atoms. The molecule has 86 valence electrons. The molecule has 3 rings (SSSR count). The molecular weight excluding hydrogens is 204 g/mol. The van der Waals surface area contributed by atoms with Crippen LogP contribution in [0.25, 0.3) is 0 Å². The summed E-state index contributed by atoms with van der Waals surface area (Å²) in [7, 11) is 1.64. The Labute approximate surface area is 95.0 Å². The van der Waals surface area contributed by atoms with E-state index in [0.717, 1.165) is 36.3 Å². The van der Waals surface area contributed by atoms with Gasteiger partial charge in [-0.2, -0.15) is 0 Å². The fraction of sp³-hybridized carbons (Fsp3) is 0.538. The molecule has 0 unspecified atom stereocenters. The van der Waals surface area contributed by atoms with Gasteiger partial charge < -0.3 is 14.6 Å². The van der Waals surface area contributed by atoms with Crippen molar-refractivity contribution >= 4 is 0 Å². The Hall–Kier alpha value is -1.22. The topological polar surface area (TPSA) is 38.7 Å². The fourth-order valence-corrected chi connectivity index (χ4v) is 2.62. The monoisotopic (exact) mass is 220 g/mol. The first-order valence-corrected chi connectivity index (χ1v) is 5.77. The second-order valence-corrected chi connectivity index (χ2v) is 4.76. The van der Waals surface area contributed by atoms with Gasteiger partial charge in [-0.1, -0.05) is 0 Å². The van der Waals surface area contributed by atoms with E-state index in [1.54, 1.807) is 7.11 Å². The van der Waals surface area contributed by atoms with Gasteiger partial charge in [-0.05, 0) is 31.4 Å². The normalized spacial score (nSPS) is 25.5. The standard InChI is InChI=1S/C13H16O3/c1-15-9-3-4-10-11(14)8-13(5-2-6-13)16-12(10)7-9/h3-4,7,11,14H,2,5-6,8H2,1H3/t11-/m1/s1. The van der Waals surface area contributed by atoms with Gasteiger partial charge in [0.05, 0.1) is 13.2 Å². The number of fused-ring (bicyclic) bond motifs is 1. The third-order valence-electron chi connectivity index (χ3n) is 3.74. The number of hydrogen-bond acceptors (Lipinski definition) is 3. The first kappa shape index (κ1) is 9.97. The summed E-state index contributed by atoms with van der Waals surface area (Å²) in [5.41, 5.74) is 0.789. The maximum atomic E-state index is 10.1. The number of methoxy groups -OCH3 is 1. The largest absolute Gasteiger partial charge is 0.497 e. The lowest BCUT2D eigenvalue weighted by molar-refractivity contribution is -0.0664. The molecule has 1 heterocycles. The average molecular weight is 220 g/mol. The van der Waals surface area contributed by atoms with E-state index < -0.39 is 6.10 Å². The minimum atomic E-state index is -0.394. The smallest absolute Gasteiger partial charge is 0.129 e. The molecule has 1 aliphatic carbocycles. The molecule has 1 fully saturated rings. The highest BCUT2D eigenvalue weighted by molar-refractivity contribution is 5.44. The van der Waals surface area contributed by atoms with E-state index >= 15 is 0 Å². The third-order valence-corrected chi connectivity index (χ3v) is 3.74. The average Bonchev–Trinajstić information content (AvgIpc) is 2.26. The van der Waals surface area contributed by atoms with Crippen LogP contribution in [0.5, 0.6) is 11.5 Å². The number of benzene rings is 1. The molecule has 0 radical (unpaired) electrons. The van der Waals surface area contributed by atoms with E-state index in [2.05, 4.69) is 0 Å². The van der Waals surface area contributed by atoms with Gasteiger partial charge in [0.25, 0.3) is 0 Å². The summed E-state index contributed by atoms with van der Waals surface area (Å²) in [6, 6.07) is 5.63. The summed E-state index contributed by atoms with van der Waals surface area (Å²) in [6.45, 7) is 0. The van der Waals surface area contributed by atoms with Crippen molar-refractivity contribution in [1.82, 2.24) is 0 Å². The van der Waals surface area contributed by atoms with Gasteiger partial charge in [0, 0.05) is 18.1 Å². The zero-order valence-electron chi connectivity index (χ0n) is 9.40. The number of aliphatic hydroxyl groups excluding tert-OH is 1. The van der Waals surface area contributed by atoms with Crippen molar-refractivity contribution in [1.29, 1.82) is 0 Å². The Morgan fingerprint density at radius 2 is 2.25 bits per heavy atom. The Kier molecular flexibility index (Phi) is 2.11. The Balaban J connectivity index is 1.98. The SMILES string of the molecule is COc1ccc2c(c1)OC1(CCC1)C[C@H]2O. The van der Waals surface area contributed by atoms with E-state index in [9.17, 15) is 5.11 Å². The van der Waals surface area contributed by atoms with Crippen molar-refractivity contribution in [3.05, 3.63) is 23.8 Å². The Morgan fingerprint density at radius 1 is 1.44 bits per heavy atom. The number of hydrogen-bond donors (Lipinski definition) is 1. The first-order valence-electron chi connectivity index (χ1n) is 5.77. The van der Waals surface area contributed by atoms with Crippen molar-refractivity contribution in [2.45, 2.75) is 37.4 Å². The molecule has 1 saturated carbocycles. The zero-order valence-corrected chi connectivity index (χ0v) is 9.40. The fourth-order valence-electron chi connectivity index (χ4n) is 2.62. The lowest BCUT2D eigenvalue weighted by Gasteiger charge is -2.46. The summed E-state index contributed by atoms with van der Waals surface area (Å²) in [5.74, 6) is 1.57. The van der Waals surface area contributed by atoms with E-state index in [0.29, 0.717) is 0 Å². The minimum Gasteiger partial charge on any atom is -0.497 e. The molecular formula is C13H16O3. The van der Waals surface area contributed by atoms with Gasteiger partial charge >= 0.3 is 0 Å². The molecule has 16 heavy (non-hydrogen) atoms. The molecule has 1 atom stereocenters. The summed E-state index contributed by atoms with van der Waals surface area (Å²) >= 11 is 0. The van der Waals surface area contributed by atoms with Crippen molar-refractivity contribution in [2.75, 3.05) is 7.11 Å². The van der Waals surface area contributed by atoms with E-state index in [1.165, 1.54) is 6.42 Å². The van der Waals surface area contributed by atoms with Crippen molar-refractivity contribution < 1.29 is 14.6 Å². The highest BCUT2D eigenvalue weighted by Gasteiger charge is 2.45. The predicted octanol–water partition coefficient (Wildman–Crippen LogP) is 2.43. The van der Waals surface area contributed by atoms with Gasteiger partial charge in [-0.3, -0.25) is 0 Å². The molecule has 1 aliphatic heterocycles. The van der Waals surface area contributed by atoms with Gasteiger partial charge in [0.2, 0.25) is 0 Å². The molecule has 2 aliphatic rings. The molecule has 1 aromatic carbocycles. The summed E-state index contributed by atoms with van der Waals surface area (Å²) in [5, 5.41) is 10.1. The van der Waals surface area contributed by atoms with E-state index in [1.807, 2.05) is 18.2 Å². The van der Waals surface area contributed by atoms with Crippen LogP contribution in [0.3, 0.4) is 0 Å². The van der Waals surface area contributed by atoms with Crippen LogP contribution in [0.2, 0.25) is 0 Å². The molecule has 0 aromatic heterocycles. The second-order valence-electron chi connectivity index (χ2n) is 4.76. The van der Waals surface area contributed by atoms with Crippen LogP contribution >= 0.6 is 0 Å². The van der Waals surface area contributed by atoms with E-state index in [-0.39, 0.29) is 5.60 Å². The van der Waals surface area contributed by atoms with Crippen molar-refractivity contribution in [3.63, 3.8) is 0 Å². The van der Waals surface area contributed by atoms with Gasteiger partial charge in [-0.25, -0.2) is 0 Å². The number of rotatable bonds is 1. The maximum absolute atomic E-state index is 10.1. The molecule has 1 aromatic rings. The molecule has 0 saturated heterocycles. The number of ether oxygens (including phenoxy) is 2. The van der Waals surface area contributed by atoms with Crippen LogP contribution in [0.1, 0.15) is 37.4 Å². The Bertz CT molecular complexity index is 410. The lowest BCUT2D eigenvalue weighted by Crippen LogP contribution is -2.46. The zero-order chi connectivity index (χ0) is 11.2. The van der Waals surface area contributed by atoms with Gasteiger partial charge in [-0.15, -0.1) is 0 Å². The second kappa shape index (κ2) is 3.39. The maximum Gasteiger partial charge on any atom is 0.129 e. The number of aliphatic hydroxyl groups is 1. The molecule has 1 N–H and O–H groups in total. The van der Waals surface area contributed by atoms with Gasteiger partial charge in [0.1, 0.15) is 17.1 Å². The van der Waals surface area contributed by atoms with Crippen LogP contribution in [0.4, 0.5) is 0 Å². The Morgan fingerprint density at radius 3 is 2.88 bits per heavy atom. The predicted molar refractivity (Wildman–Crippen MR) is 59.8 cm³/mol. The van der Waals surface area contributed by atoms with Crippen LogP contribution < -0.4 is 9.47 Å².